The number of aromatic nitrogens is 3. The van der Waals surface area contributed by atoms with Crippen molar-refractivity contribution in [1.82, 2.24) is 14.8 Å². The Bertz CT molecular complexity index is 1210. The normalized spacial score (nSPS) is 12.1. The summed E-state index contributed by atoms with van der Waals surface area (Å²) in [5.41, 5.74) is 3.21. The molecule has 1 aromatic heterocycles. The molecule has 2 heterocycles. The SMILES string of the molecule is CCCCCCCCCCC(=O)O.OCc1nnc2n1-c1ccc(Cl)cc1C(c1ccccc1Cl)=NC2. The molecule has 0 saturated heterocycles. The number of benzene rings is 2. The van der Waals surface area contributed by atoms with Gasteiger partial charge in [-0.2, -0.15) is 0 Å². The number of aliphatic hydroxyl groups excluding tert-OH is 1. The van der Waals surface area contributed by atoms with Gasteiger partial charge in [0.2, 0.25) is 0 Å². The lowest BCUT2D eigenvalue weighted by Gasteiger charge is -2.14. The fraction of sp³-hybridized carbons (Fsp3) is 0.429. The van der Waals surface area contributed by atoms with E-state index in [0.717, 1.165) is 35.4 Å². The second-order valence-electron chi connectivity index (χ2n) is 8.95. The lowest BCUT2D eigenvalue weighted by molar-refractivity contribution is -0.137. The summed E-state index contributed by atoms with van der Waals surface area (Å²) in [6, 6.07) is 13.1. The van der Waals surface area contributed by atoms with Gasteiger partial charge in [-0.05, 0) is 30.7 Å². The summed E-state index contributed by atoms with van der Waals surface area (Å²) < 4.78 is 1.82. The van der Waals surface area contributed by atoms with Gasteiger partial charge in [0.15, 0.2) is 11.6 Å². The van der Waals surface area contributed by atoms with Crippen molar-refractivity contribution in [3.8, 4) is 5.69 Å². The fourth-order valence-corrected chi connectivity index (χ4v) is 4.66. The third-order valence-corrected chi connectivity index (χ3v) is 6.71. The molecule has 7 nitrogen and oxygen atoms in total. The number of unbranched alkanes of at least 4 members (excludes halogenated alkanes) is 7. The molecule has 37 heavy (non-hydrogen) atoms. The molecule has 0 spiro atoms. The number of carbonyl (C=O) groups is 1. The topological polar surface area (TPSA) is 101 Å². The number of rotatable bonds is 11. The third-order valence-electron chi connectivity index (χ3n) is 6.14. The van der Waals surface area contributed by atoms with Gasteiger partial charge in [-0.15, -0.1) is 10.2 Å². The number of aliphatic hydroxyl groups is 1. The van der Waals surface area contributed by atoms with Crippen molar-refractivity contribution >= 4 is 34.9 Å². The second-order valence-corrected chi connectivity index (χ2v) is 9.79. The summed E-state index contributed by atoms with van der Waals surface area (Å²) in [5, 5.41) is 27.3. The summed E-state index contributed by atoms with van der Waals surface area (Å²) in [5.74, 6) is 0.458. The Morgan fingerprint density at radius 2 is 1.65 bits per heavy atom. The summed E-state index contributed by atoms with van der Waals surface area (Å²) in [6.45, 7) is 2.34. The molecule has 3 aromatic rings. The van der Waals surface area contributed by atoms with E-state index in [-0.39, 0.29) is 6.61 Å². The maximum absolute atomic E-state index is 10.2. The Morgan fingerprint density at radius 1 is 0.946 bits per heavy atom. The predicted molar refractivity (Wildman–Crippen MR) is 148 cm³/mol. The highest BCUT2D eigenvalue weighted by Crippen LogP contribution is 2.30. The summed E-state index contributed by atoms with van der Waals surface area (Å²) in [6.07, 6.45) is 10.1. The van der Waals surface area contributed by atoms with Gasteiger partial charge in [-0.25, -0.2) is 0 Å². The molecule has 0 saturated carbocycles. The molecule has 198 valence electrons. The van der Waals surface area contributed by atoms with Gasteiger partial charge in [-0.3, -0.25) is 14.4 Å². The maximum Gasteiger partial charge on any atom is 0.303 e. The minimum absolute atomic E-state index is 0.212. The average molecular weight is 546 g/mol. The molecule has 0 unspecified atom stereocenters. The lowest BCUT2D eigenvalue weighted by atomic mass is 10.0. The van der Waals surface area contributed by atoms with Crippen LogP contribution in [0.15, 0.2) is 47.5 Å². The number of halogens is 2. The first kappa shape index (κ1) is 28.8. The second kappa shape index (κ2) is 14.9. The van der Waals surface area contributed by atoms with Crippen molar-refractivity contribution in [3.63, 3.8) is 0 Å². The molecule has 1 aliphatic rings. The molecule has 4 rings (SSSR count). The molecule has 9 heteroatoms. The zero-order valence-electron chi connectivity index (χ0n) is 21.2. The highest BCUT2D eigenvalue weighted by molar-refractivity contribution is 6.36. The van der Waals surface area contributed by atoms with E-state index in [1.807, 2.05) is 41.0 Å². The minimum atomic E-state index is -0.661. The smallest absolute Gasteiger partial charge is 0.303 e. The van der Waals surface area contributed by atoms with Gasteiger partial charge in [0, 0.05) is 27.6 Å². The standard InChI is InChI=1S/C17H12Cl2N4O.C11H22O2/c18-10-5-6-14-12(7-10)17(11-3-1-2-4-13(11)19)20-8-15-21-22-16(9-24)23(14)15;1-2-3-4-5-6-7-8-9-10-11(12)13/h1-7,24H,8-9H2;2-10H2,1H3,(H,12,13). The number of nitrogens with zero attached hydrogens (tertiary/aromatic N) is 4. The van der Waals surface area contributed by atoms with Crippen LogP contribution in [0.1, 0.15) is 87.5 Å². The van der Waals surface area contributed by atoms with Crippen LogP contribution in [0.5, 0.6) is 0 Å². The molecule has 2 aromatic carbocycles. The lowest BCUT2D eigenvalue weighted by Crippen LogP contribution is -2.10. The van der Waals surface area contributed by atoms with Crippen molar-refractivity contribution in [1.29, 1.82) is 0 Å². The van der Waals surface area contributed by atoms with E-state index >= 15 is 0 Å². The van der Waals surface area contributed by atoms with Gasteiger partial charge < -0.3 is 10.2 Å². The minimum Gasteiger partial charge on any atom is -0.481 e. The monoisotopic (exact) mass is 544 g/mol. The van der Waals surface area contributed by atoms with E-state index in [4.69, 9.17) is 33.3 Å². The number of fused-ring (bicyclic) bond motifs is 3. The molecule has 0 fully saturated rings. The molecule has 0 aliphatic carbocycles. The fourth-order valence-electron chi connectivity index (χ4n) is 4.26. The largest absolute Gasteiger partial charge is 0.481 e. The third kappa shape index (κ3) is 8.12. The number of carboxylic acids is 1. The molecular formula is C28H34Cl2N4O3. The number of aliphatic imine (C=N–C) groups is 1. The van der Waals surface area contributed by atoms with E-state index in [9.17, 15) is 9.90 Å². The van der Waals surface area contributed by atoms with Crippen molar-refractivity contribution in [2.24, 2.45) is 4.99 Å². The van der Waals surface area contributed by atoms with Gasteiger partial charge in [0.1, 0.15) is 13.2 Å². The van der Waals surface area contributed by atoms with Crippen LogP contribution >= 0.6 is 23.2 Å². The van der Waals surface area contributed by atoms with E-state index in [2.05, 4.69) is 17.1 Å². The Kier molecular flexibility index (Phi) is 11.6. The number of hydrogen-bond acceptors (Lipinski definition) is 5. The van der Waals surface area contributed by atoms with Crippen LogP contribution in [0.3, 0.4) is 0 Å². The van der Waals surface area contributed by atoms with Gasteiger partial charge >= 0.3 is 5.97 Å². The number of carboxylic acid groups (broad SMARTS) is 1. The zero-order chi connectivity index (χ0) is 26.6. The molecule has 2 N–H and O–H groups in total. The number of hydrogen-bond donors (Lipinski definition) is 2. The Balaban J connectivity index is 0.000000251. The van der Waals surface area contributed by atoms with E-state index < -0.39 is 5.97 Å². The molecule has 0 atom stereocenters. The highest BCUT2D eigenvalue weighted by atomic mass is 35.5. The molecule has 0 amide bonds. The summed E-state index contributed by atoms with van der Waals surface area (Å²) >= 11 is 12.6. The Hall–Kier alpha value is -2.74. The summed E-state index contributed by atoms with van der Waals surface area (Å²) in [7, 11) is 0. The van der Waals surface area contributed by atoms with Crippen LogP contribution in [0, 0.1) is 0 Å². The molecular weight excluding hydrogens is 511 g/mol. The van der Waals surface area contributed by atoms with Crippen molar-refractivity contribution in [2.75, 3.05) is 0 Å². The molecule has 0 bridgehead atoms. The Labute approximate surface area is 228 Å². The first-order valence-electron chi connectivity index (χ1n) is 12.8. The maximum atomic E-state index is 10.2. The quantitative estimate of drug-likeness (QED) is 0.252. The van der Waals surface area contributed by atoms with Crippen molar-refractivity contribution < 1.29 is 15.0 Å². The van der Waals surface area contributed by atoms with Crippen molar-refractivity contribution in [3.05, 3.63) is 75.3 Å². The van der Waals surface area contributed by atoms with Crippen LogP contribution in [0.2, 0.25) is 10.0 Å². The van der Waals surface area contributed by atoms with Gasteiger partial charge in [0.05, 0.1) is 11.4 Å². The first-order chi connectivity index (χ1) is 18.0. The van der Waals surface area contributed by atoms with E-state index in [0.29, 0.717) is 34.7 Å². The van der Waals surface area contributed by atoms with Crippen LogP contribution in [-0.4, -0.2) is 36.7 Å². The molecule has 1 aliphatic heterocycles. The average Bonchev–Trinajstić information content (AvgIpc) is 3.23. The van der Waals surface area contributed by atoms with Gasteiger partial charge in [0.25, 0.3) is 0 Å². The van der Waals surface area contributed by atoms with E-state index in [1.54, 1.807) is 6.07 Å². The van der Waals surface area contributed by atoms with Crippen molar-refractivity contribution in [2.45, 2.75) is 77.9 Å². The summed E-state index contributed by atoms with van der Waals surface area (Å²) in [4.78, 5) is 14.9. The van der Waals surface area contributed by atoms with Crippen LogP contribution in [-0.2, 0) is 17.9 Å². The van der Waals surface area contributed by atoms with Crippen LogP contribution < -0.4 is 0 Å². The van der Waals surface area contributed by atoms with Gasteiger partial charge in [-0.1, -0.05) is 93.3 Å². The van der Waals surface area contributed by atoms with E-state index in [1.165, 1.54) is 38.5 Å². The highest BCUT2D eigenvalue weighted by Gasteiger charge is 2.23. The first-order valence-corrected chi connectivity index (χ1v) is 13.6. The molecule has 0 radical (unpaired) electrons. The van der Waals surface area contributed by atoms with Crippen LogP contribution in [0.4, 0.5) is 0 Å². The Morgan fingerprint density at radius 3 is 2.32 bits per heavy atom. The number of aliphatic carboxylic acids is 1. The predicted octanol–water partition coefficient (Wildman–Crippen LogP) is 7.02. The zero-order valence-corrected chi connectivity index (χ0v) is 22.7. The van der Waals surface area contributed by atoms with Crippen LogP contribution in [0.25, 0.3) is 5.69 Å².